The summed E-state index contributed by atoms with van der Waals surface area (Å²) in [4.78, 5) is 23.6. The number of aliphatic carboxylic acids is 1. The molecule has 1 aliphatic carbocycles. The van der Waals surface area contributed by atoms with Crippen LogP contribution in [0.25, 0.3) is 0 Å². The second-order valence-corrected chi connectivity index (χ2v) is 4.52. The number of hydrogen-bond acceptors (Lipinski definition) is 3. The molecule has 0 aromatic carbocycles. The summed E-state index contributed by atoms with van der Waals surface area (Å²) in [6, 6.07) is 0.0706. The van der Waals surface area contributed by atoms with Crippen molar-refractivity contribution in [3.8, 4) is 0 Å². The van der Waals surface area contributed by atoms with Gasteiger partial charge in [-0.15, -0.1) is 0 Å². The molecule has 1 saturated carbocycles. The van der Waals surface area contributed by atoms with Crippen LogP contribution in [-0.4, -0.2) is 53.2 Å². The van der Waals surface area contributed by atoms with Crippen LogP contribution in [0.5, 0.6) is 0 Å². The molecule has 104 valence electrons. The molecule has 0 bridgehead atoms. The lowest BCUT2D eigenvalue weighted by atomic mass is 10.0. The lowest BCUT2D eigenvalue weighted by Crippen LogP contribution is -2.61. The van der Waals surface area contributed by atoms with Gasteiger partial charge in [-0.2, -0.15) is 13.2 Å². The Labute approximate surface area is 102 Å². The Kier molecular flexibility index (Phi) is 3.89. The molecule has 0 aliphatic heterocycles. The number of carboxylic acid groups (broad SMARTS) is 1. The number of amides is 1. The van der Waals surface area contributed by atoms with Crippen LogP contribution in [-0.2, 0) is 9.59 Å². The third-order valence-corrected chi connectivity index (χ3v) is 3.08. The average Bonchev–Trinajstić information content (AvgIpc) is 3.05. The monoisotopic (exact) mass is 268 g/mol. The predicted octanol–water partition coefficient (Wildman–Crippen LogP) is 0.602. The summed E-state index contributed by atoms with van der Waals surface area (Å²) in [5.74, 6) is -2.61. The van der Waals surface area contributed by atoms with E-state index in [4.69, 9.17) is 5.11 Å². The molecule has 1 amide bonds. The van der Waals surface area contributed by atoms with Crippen molar-refractivity contribution >= 4 is 11.9 Å². The lowest BCUT2D eigenvalue weighted by molar-refractivity contribution is -0.205. The van der Waals surface area contributed by atoms with Crippen molar-refractivity contribution in [2.45, 2.75) is 37.5 Å². The number of likely N-dealkylation sites (N-methyl/N-ethyl adjacent to an activating group) is 1. The van der Waals surface area contributed by atoms with E-state index in [0.29, 0.717) is 6.92 Å². The highest BCUT2D eigenvalue weighted by Crippen LogP contribution is 2.30. The molecule has 0 heterocycles. The standard InChI is InChI=1S/C10H15F3N2O3/c1-9(8(17)18,10(11,12)13)14-5-7(16)15(2)6-3-4-6/h6,14H,3-5H2,1-2H3,(H,17,18). The molecule has 0 aromatic rings. The van der Waals surface area contributed by atoms with Crippen LogP contribution in [0, 0.1) is 0 Å². The zero-order chi connectivity index (χ0) is 14.1. The average molecular weight is 268 g/mol. The van der Waals surface area contributed by atoms with Crippen LogP contribution >= 0.6 is 0 Å². The van der Waals surface area contributed by atoms with Crippen LogP contribution in [0.3, 0.4) is 0 Å². The van der Waals surface area contributed by atoms with Gasteiger partial charge in [0.25, 0.3) is 0 Å². The van der Waals surface area contributed by atoms with Gasteiger partial charge in [-0.05, 0) is 19.8 Å². The van der Waals surface area contributed by atoms with Gasteiger partial charge in [-0.25, -0.2) is 4.79 Å². The molecule has 0 spiro atoms. The number of carbonyl (C=O) groups excluding carboxylic acids is 1. The molecule has 18 heavy (non-hydrogen) atoms. The van der Waals surface area contributed by atoms with E-state index in [-0.39, 0.29) is 6.04 Å². The number of nitrogens with one attached hydrogen (secondary N) is 1. The molecule has 1 atom stereocenters. The van der Waals surface area contributed by atoms with Gasteiger partial charge >= 0.3 is 12.1 Å². The van der Waals surface area contributed by atoms with E-state index in [1.165, 1.54) is 11.9 Å². The van der Waals surface area contributed by atoms with Gasteiger partial charge in [0.2, 0.25) is 11.4 Å². The summed E-state index contributed by atoms with van der Waals surface area (Å²) in [7, 11) is 1.49. The summed E-state index contributed by atoms with van der Waals surface area (Å²) in [6.07, 6.45) is -3.31. The van der Waals surface area contributed by atoms with E-state index in [1.54, 1.807) is 5.32 Å². The number of rotatable bonds is 5. The summed E-state index contributed by atoms with van der Waals surface area (Å²) in [5, 5.41) is 10.4. The Hall–Kier alpha value is -1.31. The quantitative estimate of drug-likeness (QED) is 0.766. The lowest BCUT2D eigenvalue weighted by Gasteiger charge is -2.29. The fraction of sp³-hybridized carbons (Fsp3) is 0.800. The van der Waals surface area contributed by atoms with Gasteiger partial charge in [0.15, 0.2) is 0 Å². The highest BCUT2D eigenvalue weighted by molar-refractivity contribution is 5.82. The zero-order valence-electron chi connectivity index (χ0n) is 10.0. The highest BCUT2D eigenvalue weighted by atomic mass is 19.4. The van der Waals surface area contributed by atoms with Crippen LogP contribution in [0.1, 0.15) is 19.8 Å². The highest BCUT2D eigenvalue weighted by Gasteiger charge is 2.57. The number of halogens is 3. The first kappa shape index (κ1) is 14.7. The smallest absolute Gasteiger partial charge is 0.417 e. The minimum Gasteiger partial charge on any atom is -0.480 e. The molecule has 1 rings (SSSR count). The van der Waals surface area contributed by atoms with Crippen molar-refractivity contribution in [1.82, 2.24) is 10.2 Å². The predicted molar refractivity (Wildman–Crippen MR) is 55.9 cm³/mol. The maximum absolute atomic E-state index is 12.6. The Morgan fingerprint density at radius 2 is 1.89 bits per heavy atom. The third-order valence-electron chi connectivity index (χ3n) is 3.08. The topological polar surface area (TPSA) is 69.6 Å². The Bertz CT molecular complexity index is 355. The number of carbonyl (C=O) groups is 2. The van der Waals surface area contributed by atoms with E-state index in [2.05, 4.69) is 0 Å². The third kappa shape index (κ3) is 2.92. The van der Waals surface area contributed by atoms with Crippen molar-refractivity contribution in [3.05, 3.63) is 0 Å². The summed E-state index contributed by atoms with van der Waals surface area (Å²) >= 11 is 0. The maximum Gasteiger partial charge on any atom is 0.417 e. The van der Waals surface area contributed by atoms with E-state index in [1.807, 2.05) is 0 Å². The van der Waals surface area contributed by atoms with Crippen molar-refractivity contribution in [2.24, 2.45) is 0 Å². The normalized spacial score (nSPS) is 19.2. The van der Waals surface area contributed by atoms with Crippen LogP contribution in [0.4, 0.5) is 13.2 Å². The van der Waals surface area contributed by atoms with Gasteiger partial charge < -0.3 is 10.0 Å². The van der Waals surface area contributed by atoms with Gasteiger partial charge in [-0.3, -0.25) is 10.1 Å². The Morgan fingerprint density at radius 3 is 2.22 bits per heavy atom. The van der Waals surface area contributed by atoms with Gasteiger partial charge in [-0.1, -0.05) is 0 Å². The van der Waals surface area contributed by atoms with E-state index >= 15 is 0 Å². The molecule has 0 radical (unpaired) electrons. The second kappa shape index (κ2) is 4.75. The van der Waals surface area contributed by atoms with Crippen LogP contribution in [0.2, 0.25) is 0 Å². The number of nitrogens with zero attached hydrogens (tertiary/aromatic N) is 1. The maximum atomic E-state index is 12.6. The van der Waals surface area contributed by atoms with Crippen molar-refractivity contribution in [2.75, 3.05) is 13.6 Å². The van der Waals surface area contributed by atoms with Gasteiger partial charge in [0.1, 0.15) is 0 Å². The van der Waals surface area contributed by atoms with Gasteiger partial charge in [0, 0.05) is 13.1 Å². The first-order valence-electron chi connectivity index (χ1n) is 5.40. The molecule has 1 aliphatic rings. The number of hydrogen-bond donors (Lipinski definition) is 2. The molecule has 8 heteroatoms. The largest absolute Gasteiger partial charge is 0.480 e. The molecular weight excluding hydrogens is 253 g/mol. The fourth-order valence-electron chi connectivity index (χ4n) is 1.34. The van der Waals surface area contributed by atoms with Gasteiger partial charge in [0.05, 0.1) is 6.54 Å². The minimum absolute atomic E-state index is 0.0706. The van der Waals surface area contributed by atoms with Crippen molar-refractivity contribution in [3.63, 3.8) is 0 Å². The van der Waals surface area contributed by atoms with E-state index in [0.717, 1.165) is 12.8 Å². The summed E-state index contributed by atoms with van der Waals surface area (Å²) < 4.78 is 37.8. The molecule has 0 aromatic heterocycles. The molecular formula is C10H15F3N2O3. The molecule has 5 nitrogen and oxygen atoms in total. The Balaban J connectivity index is 2.63. The van der Waals surface area contributed by atoms with Crippen LogP contribution < -0.4 is 5.32 Å². The summed E-state index contributed by atoms with van der Waals surface area (Å²) in [5.41, 5.74) is -3.12. The van der Waals surface area contributed by atoms with Crippen molar-refractivity contribution < 1.29 is 27.9 Å². The van der Waals surface area contributed by atoms with Crippen LogP contribution in [0.15, 0.2) is 0 Å². The van der Waals surface area contributed by atoms with E-state index < -0.39 is 30.1 Å². The first-order valence-corrected chi connectivity index (χ1v) is 5.40. The molecule has 1 fully saturated rings. The molecule has 0 saturated heterocycles. The van der Waals surface area contributed by atoms with Crippen molar-refractivity contribution in [1.29, 1.82) is 0 Å². The molecule has 2 N–H and O–H groups in total. The van der Waals surface area contributed by atoms with E-state index in [9.17, 15) is 22.8 Å². The molecule has 1 unspecified atom stereocenters. The SMILES string of the molecule is CN(C(=O)CNC(C)(C(=O)O)C(F)(F)F)C1CC1. The zero-order valence-corrected chi connectivity index (χ0v) is 10.0. The Morgan fingerprint density at radius 1 is 1.39 bits per heavy atom. The number of alkyl halides is 3. The fourth-order valence-corrected chi connectivity index (χ4v) is 1.34. The second-order valence-electron chi connectivity index (χ2n) is 4.52. The first-order chi connectivity index (χ1) is 8.09. The number of carboxylic acids is 1. The summed E-state index contributed by atoms with van der Waals surface area (Å²) in [6.45, 7) is -0.158. The minimum atomic E-state index is -4.97.